The maximum Gasteiger partial charge on any atom is 0.308 e. The molecule has 0 aliphatic heterocycles. The van der Waals surface area contributed by atoms with Crippen LogP contribution >= 0.6 is 0 Å². The van der Waals surface area contributed by atoms with Crippen LogP contribution in [0.5, 0.6) is 0 Å². The van der Waals surface area contributed by atoms with E-state index in [4.69, 9.17) is 9.47 Å². The van der Waals surface area contributed by atoms with Gasteiger partial charge in [0.1, 0.15) is 0 Å². The van der Waals surface area contributed by atoms with Crippen LogP contribution in [-0.4, -0.2) is 26.2 Å². The topological polar surface area (TPSA) is 52.6 Å². The first-order valence-electron chi connectivity index (χ1n) is 14.9. The average Bonchev–Trinajstić information content (AvgIpc) is 3.47. The Morgan fingerprint density at radius 3 is 1.05 bits per heavy atom. The normalized spacial score (nSPS) is 16.4. The van der Waals surface area contributed by atoms with Crippen molar-refractivity contribution in [2.75, 3.05) is 14.2 Å². The Balaban J connectivity index is 1.54. The van der Waals surface area contributed by atoms with Crippen molar-refractivity contribution in [3.8, 4) is 22.3 Å². The number of fused-ring (bicyclic) bond motifs is 6. The highest BCUT2D eigenvalue weighted by Gasteiger charge is 2.50. The summed E-state index contributed by atoms with van der Waals surface area (Å²) in [5.74, 6) is -0.965. The Morgan fingerprint density at radius 1 is 0.524 bits per heavy atom. The fraction of sp³-hybridized carbons (Fsp3) is 0.316. The van der Waals surface area contributed by atoms with E-state index in [2.05, 4.69) is 97.1 Å². The zero-order valence-electron chi connectivity index (χ0n) is 24.9. The first-order valence-corrected chi connectivity index (χ1v) is 14.9. The Labute approximate surface area is 248 Å². The lowest BCUT2D eigenvalue weighted by atomic mass is 9.62. The number of methoxy groups -OCH3 is 2. The number of carbonyl (C=O) groups excluding carboxylic acids is 2. The first-order chi connectivity index (χ1) is 20.4. The molecule has 2 aliphatic carbocycles. The van der Waals surface area contributed by atoms with Crippen molar-refractivity contribution in [1.82, 2.24) is 0 Å². The number of carbonyl (C=O) groups is 2. The van der Waals surface area contributed by atoms with E-state index in [0.29, 0.717) is 12.8 Å². The minimum atomic E-state index is -0.394. The van der Waals surface area contributed by atoms with Crippen molar-refractivity contribution in [1.29, 1.82) is 0 Å². The van der Waals surface area contributed by atoms with Crippen molar-refractivity contribution in [3.05, 3.63) is 119 Å². The fourth-order valence-electron chi connectivity index (χ4n) is 8.06. The molecular formula is C38H38O4. The van der Waals surface area contributed by atoms with Crippen molar-refractivity contribution >= 4 is 11.9 Å². The molecule has 0 amide bonds. The van der Waals surface area contributed by atoms with Crippen LogP contribution in [0, 0.1) is 11.8 Å². The minimum absolute atomic E-state index is 0.193. The van der Waals surface area contributed by atoms with Gasteiger partial charge in [0.25, 0.3) is 0 Å². The molecule has 0 saturated heterocycles. The molecule has 0 heterocycles. The number of hydrogen-bond donors (Lipinski definition) is 0. The molecule has 4 nitrogen and oxygen atoms in total. The van der Waals surface area contributed by atoms with Crippen molar-refractivity contribution in [2.45, 2.75) is 50.4 Å². The van der Waals surface area contributed by atoms with Crippen LogP contribution in [0.25, 0.3) is 22.3 Å². The highest BCUT2D eigenvalue weighted by Crippen LogP contribution is 2.59. The van der Waals surface area contributed by atoms with Crippen molar-refractivity contribution < 1.29 is 19.1 Å². The Bertz CT molecular complexity index is 1440. The van der Waals surface area contributed by atoms with Gasteiger partial charge in [-0.25, -0.2) is 0 Å². The predicted molar refractivity (Wildman–Crippen MR) is 166 cm³/mol. The Morgan fingerprint density at radius 2 is 0.786 bits per heavy atom. The van der Waals surface area contributed by atoms with Gasteiger partial charge in [0.2, 0.25) is 0 Å². The maximum absolute atomic E-state index is 12.9. The molecule has 0 bridgehead atoms. The number of esters is 2. The quantitative estimate of drug-likeness (QED) is 0.195. The molecule has 2 aliphatic rings. The molecular weight excluding hydrogens is 520 g/mol. The zero-order chi connectivity index (χ0) is 29.5. The molecule has 0 fully saturated rings. The summed E-state index contributed by atoms with van der Waals surface area (Å²) in [7, 11) is 2.94. The summed E-state index contributed by atoms with van der Waals surface area (Å²) in [6.45, 7) is 3.96. The Hall–Kier alpha value is -4.18. The number of benzene rings is 4. The van der Waals surface area contributed by atoms with E-state index in [9.17, 15) is 9.59 Å². The van der Waals surface area contributed by atoms with Crippen LogP contribution in [0.1, 0.15) is 61.8 Å². The highest BCUT2D eigenvalue weighted by atomic mass is 16.5. The number of rotatable bonds is 9. The first kappa shape index (κ1) is 28.0. The van der Waals surface area contributed by atoms with E-state index < -0.39 is 10.8 Å². The van der Waals surface area contributed by atoms with E-state index in [1.54, 1.807) is 0 Å². The van der Waals surface area contributed by atoms with E-state index in [0.717, 1.165) is 12.8 Å². The van der Waals surface area contributed by atoms with E-state index in [1.807, 2.05) is 13.8 Å². The molecule has 0 N–H and O–H groups in total. The maximum atomic E-state index is 12.9. The monoisotopic (exact) mass is 558 g/mol. The molecule has 6 rings (SSSR count). The van der Waals surface area contributed by atoms with Gasteiger partial charge in [0, 0.05) is 10.8 Å². The summed E-state index contributed by atoms with van der Waals surface area (Å²) in [5, 5.41) is 0. The van der Waals surface area contributed by atoms with Crippen molar-refractivity contribution in [2.24, 2.45) is 11.8 Å². The predicted octanol–water partition coefficient (Wildman–Crippen LogP) is 8.10. The second-order valence-electron chi connectivity index (χ2n) is 12.1. The van der Waals surface area contributed by atoms with Gasteiger partial charge in [-0.3, -0.25) is 9.59 Å². The van der Waals surface area contributed by atoms with Gasteiger partial charge < -0.3 is 9.47 Å². The Kier molecular flexibility index (Phi) is 7.26. The van der Waals surface area contributed by atoms with Crippen LogP contribution in [0.3, 0.4) is 0 Å². The summed E-state index contributed by atoms with van der Waals surface area (Å²) < 4.78 is 10.5. The van der Waals surface area contributed by atoms with Crippen molar-refractivity contribution in [3.63, 3.8) is 0 Å². The lowest BCUT2D eigenvalue weighted by molar-refractivity contribution is -0.146. The SMILES string of the molecule is COC(=O)C(C)CC1(CCC2(CC(C)C(=O)OC)c3ccccc3-c3ccccc32)c2ccccc2-c2ccccc21. The second kappa shape index (κ2) is 10.9. The van der Waals surface area contributed by atoms with Gasteiger partial charge in [-0.15, -0.1) is 0 Å². The number of ether oxygens (including phenoxy) is 2. The standard InChI is InChI=1S/C38H38O4/c1-25(35(39)41-3)23-37(31-17-9-5-13-27(31)28-14-6-10-18-32(28)37)21-22-38(24-26(2)36(40)42-4)33-19-11-7-15-29(33)30-16-8-12-20-34(30)38/h5-20,25-26H,21-24H2,1-4H3. The summed E-state index contributed by atoms with van der Waals surface area (Å²) >= 11 is 0. The smallest absolute Gasteiger partial charge is 0.308 e. The third-order valence-corrected chi connectivity index (χ3v) is 9.85. The molecule has 2 atom stereocenters. The van der Waals surface area contributed by atoms with Gasteiger partial charge in [0.15, 0.2) is 0 Å². The van der Waals surface area contributed by atoms with Crippen LogP contribution in [0.2, 0.25) is 0 Å². The molecule has 42 heavy (non-hydrogen) atoms. The molecule has 0 radical (unpaired) electrons. The summed E-state index contributed by atoms with van der Waals surface area (Å²) in [6, 6.07) is 34.6. The molecule has 0 spiro atoms. The largest absolute Gasteiger partial charge is 0.469 e. The van der Waals surface area contributed by atoms with Crippen LogP contribution < -0.4 is 0 Å². The zero-order valence-corrected chi connectivity index (χ0v) is 24.9. The fourth-order valence-corrected chi connectivity index (χ4v) is 8.06. The lowest BCUT2D eigenvalue weighted by Gasteiger charge is -2.40. The lowest BCUT2D eigenvalue weighted by Crippen LogP contribution is -2.36. The average molecular weight is 559 g/mol. The molecule has 0 aromatic heterocycles. The van der Waals surface area contributed by atoms with Crippen LogP contribution in [0.15, 0.2) is 97.1 Å². The third-order valence-electron chi connectivity index (χ3n) is 9.85. The van der Waals surface area contributed by atoms with E-state index in [-0.39, 0.29) is 23.8 Å². The molecule has 4 aromatic carbocycles. The van der Waals surface area contributed by atoms with Gasteiger partial charge in [-0.1, -0.05) is 111 Å². The minimum Gasteiger partial charge on any atom is -0.469 e. The highest BCUT2D eigenvalue weighted by molar-refractivity contribution is 5.84. The molecule has 4 aromatic rings. The summed E-state index contributed by atoms with van der Waals surface area (Å²) in [4.78, 5) is 25.8. The van der Waals surface area contributed by atoms with Crippen LogP contribution in [-0.2, 0) is 29.9 Å². The van der Waals surface area contributed by atoms with Gasteiger partial charge in [-0.2, -0.15) is 0 Å². The van der Waals surface area contributed by atoms with E-state index >= 15 is 0 Å². The molecule has 0 saturated carbocycles. The van der Waals surface area contributed by atoms with Gasteiger partial charge in [0.05, 0.1) is 26.1 Å². The molecule has 214 valence electrons. The molecule has 2 unspecified atom stereocenters. The second-order valence-corrected chi connectivity index (χ2v) is 12.1. The van der Waals surface area contributed by atoms with Crippen LogP contribution in [0.4, 0.5) is 0 Å². The summed E-state index contributed by atoms with van der Waals surface area (Å²) in [6.07, 6.45) is 2.89. The van der Waals surface area contributed by atoms with Gasteiger partial charge in [-0.05, 0) is 70.2 Å². The third kappa shape index (κ3) is 4.27. The van der Waals surface area contributed by atoms with Gasteiger partial charge >= 0.3 is 11.9 Å². The van der Waals surface area contributed by atoms with E-state index in [1.165, 1.54) is 58.7 Å². The molecule has 4 heteroatoms. The summed E-state index contributed by atoms with van der Waals surface area (Å²) in [5.41, 5.74) is 9.18. The number of hydrogen-bond acceptors (Lipinski definition) is 4.